The Morgan fingerprint density at radius 2 is 1.86 bits per heavy atom. The van der Waals surface area contributed by atoms with E-state index in [2.05, 4.69) is 27.2 Å². The number of carbonyl (C=O) groups is 1. The molecule has 0 aliphatic carbocycles. The summed E-state index contributed by atoms with van der Waals surface area (Å²) in [7, 11) is 0. The van der Waals surface area contributed by atoms with E-state index in [0.717, 1.165) is 13.1 Å². The van der Waals surface area contributed by atoms with Gasteiger partial charge in [-0.1, -0.05) is 18.2 Å². The molecule has 0 bridgehead atoms. The van der Waals surface area contributed by atoms with E-state index in [1.807, 2.05) is 23.1 Å². The molecule has 1 aliphatic rings. The molecule has 0 spiro atoms. The molecule has 7 heteroatoms. The van der Waals surface area contributed by atoms with Gasteiger partial charge in [-0.3, -0.25) is 4.79 Å². The number of hydrogen-bond acceptors (Lipinski definition) is 5. The van der Waals surface area contributed by atoms with Crippen LogP contribution in [0.4, 0.5) is 11.5 Å². The summed E-state index contributed by atoms with van der Waals surface area (Å²) in [5, 5.41) is 7.87. The van der Waals surface area contributed by atoms with Gasteiger partial charge in [0.15, 0.2) is 5.82 Å². The Morgan fingerprint density at radius 1 is 1.14 bits per heavy atom. The zero-order valence-corrected chi connectivity index (χ0v) is 11.7. The Balaban J connectivity index is 1.54. The quantitative estimate of drug-likeness (QED) is 0.872. The number of nitrogens with zero attached hydrogens (tertiary/aromatic N) is 5. The number of piperazine rings is 1. The maximum atomic E-state index is 12.2. The SMILES string of the molecule is Nc1cnn(CC(=O)N2CCN(c3ccccc3)CC2)n1. The van der Waals surface area contributed by atoms with Crippen LogP contribution in [-0.2, 0) is 11.3 Å². The summed E-state index contributed by atoms with van der Waals surface area (Å²) in [5.41, 5.74) is 6.69. The third-order valence-electron chi connectivity index (χ3n) is 3.58. The van der Waals surface area contributed by atoms with Crippen molar-refractivity contribution in [2.45, 2.75) is 6.54 Å². The topological polar surface area (TPSA) is 80.3 Å². The van der Waals surface area contributed by atoms with Gasteiger partial charge in [-0.25, -0.2) is 0 Å². The molecule has 0 atom stereocenters. The van der Waals surface area contributed by atoms with Crippen LogP contribution in [0.15, 0.2) is 36.5 Å². The molecule has 7 nitrogen and oxygen atoms in total. The molecule has 3 rings (SSSR count). The van der Waals surface area contributed by atoms with Crippen molar-refractivity contribution in [1.82, 2.24) is 19.9 Å². The van der Waals surface area contributed by atoms with Gasteiger partial charge in [-0.05, 0) is 12.1 Å². The Hall–Kier alpha value is -2.57. The number of aromatic nitrogens is 3. The highest BCUT2D eigenvalue weighted by atomic mass is 16.2. The van der Waals surface area contributed by atoms with E-state index in [1.165, 1.54) is 16.7 Å². The zero-order chi connectivity index (χ0) is 14.7. The Labute approximate surface area is 122 Å². The number of benzene rings is 1. The molecular formula is C14H18N6O. The van der Waals surface area contributed by atoms with Gasteiger partial charge in [-0.15, -0.1) is 5.10 Å². The second-order valence-electron chi connectivity index (χ2n) is 5.00. The van der Waals surface area contributed by atoms with Gasteiger partial charge in [-0.2, -0.15) is 9.90 Å². The van der Waals surface area contributed by atoms with E-state index in [1.54, 1.807) is 0 Å². The largest absolute Gasteiger partial charge is 0.381 e. The van der Waals surface area contributed by atoms with Crippen molar-refractivity contribution in [1.29, 1.82) is 0 Å². The second kappa shape index (κ2) is 5.82. The highest BCUT2D eigenvalue weighted by Crippen LogP contribution is 2.15. The monoisotopic (exact) mass is 286 g/mol. The number of para-hydroxylation sites is 1. The predicted molar refractivity (Wildman–Crippen MR) is 79.7 cm³/mol. The molecular weight excluding hydrogens is 268 g/mol. The smallest absolute Gasteiger partial charge is 0.246 e. The van der Waals surface area contributed by atoms with Crippen molar-refractivity contribution in [3.8, 4) is 0 Å². The highest BCUT2D eigenvalue weighted by molar-refractivity contribution is 5.76. The number of nitrogens with two attached hydrogens (primary N) is 1. The number of carbonyl (C=O) groups excluding carboxylic acids is 1. The zero-order valence-electron chi connectivity index (χ0n) is 11.7. The first kappa shape index (κ1) is 13.4. The van der Waals surface area contributed by atoms with Gasteiger partial charge >= 0.3 is 0 Å². The minimum atomic E-state index is 0.0262. The molecule has 2 aromatic rings. The molecule has 1 amide bonds. The summed E-state index contributed by atoms with van der Waals surface area (Å²) in [6.45, 7) is 3.24. The molecule has 1 aliphatic heterocycles. The molecule has 1 aromatic heterocycles. The number of hydrogen-bond donors (Lipinski definition) is 1. The molecule has 0 radical (unpaired) electrons. The normalized spacial score (nSPS) is 15.2. The summed E-state index contributed by atoms with van der Waals surface area (Å²) in [6.07, 6.45) is 1.45. The standard InChI is InChI=1S/C14H18N6O/c15-13-10-16-20(17-13)11-14(21)19-8-6-18(7-9-19)12-4-2-1-3-5-12/h1-5,10H,6-9,11H2,(H2,15,17). The fraction of sp³-hybridized carbons (Fsp3) is 0.357. The van der Waals surface area contributed by atoms with Crippen LogP contribution >= 0.6 is 0 Å². The molecule has 1 saturated heterocycles. The van der Waals surface area contributed by atoms with Gasteiger partial charge in [0, 0.05) is 31.9 Å². The van der Waals surface area contributed by atoms with Crippen LogP contribution in [0.25, 0.3) is 0 Å². The Kier molecular flexibility index (Phi) is 3.72. The summed E-state index contributed by atoms with van der Waals surface area (Å²) < 4.78 is 0. The van der Waals surface area contributed by atoms with Gasteiger partial charge in [0.25, 0.3) is 0 Å². The van der Waals surface area contributed by atoms with E-state index < -0.39 is 0 Å². The van der Waals surface area contributed by atoms with Crippen molar-refractivity contribution in [3.05, 3.63) is 36.5 Å². The number of rotatable bonds is 3. The van der Waals surface area contributed by atoms with Gasteiger partial charge < -0.3 is 15.5 Å². The molecule has 2 heterocycles. The maximum absolute atomic E-state index is 12.2. The summed E-state index contributed by atoms with van der Waals surface area (Å²) in [6, 6.07) is 10.2. The maximum Gasteiger partial charge on any atom is 0.246 e. The molecule has 1 aromatic carbocycles. The molecule has 21 heavy (non-hydrogen) atoms. The van der Waals surface area contributed by atoms with Gasteiger partial charge in [0.1, 0.15) is 6.54 Å². The lowest BCUT2D eigenvalue weighted by molar-refractivity contribution is -0.132. The van der Waals surface area contributed by atoms with Crippen LogP contribution in [0.3, 0.4) is 0 Å². The van der Waals surface area contributed by atoms with E-state index in [9.17, 15) is 4.79 Å². The lowest BCUT2D eigenvalue weighted by atomic mass is 10.2. The number of nitrogen functional groups attached to an aromatic ring is 1. The van der Waals surface area contributed by atoms with Crippen molar-refractivity contribution < 1.29 is 4.79 Å². The number of amides is 1. The first-order chi connectivity index (χ1) is 10.2. The van der Waals surface area contributed by atoms with Crippen LogP contribution in [0.5, 0.6) is 0 Å². The average Bonchev–Trinajstić information content (AvgIpc) is 2.93. The van der Waals surface area contributed by atoms with E-state index in [4.69, 9.17) is 5.73 Å². The van der Waals surface area contributed by atoms with E-state index >= 15 is 0 Å². The van der Waals surface area contributed by atoms with Crippen molar-refractivity contribution in [2.75, 3.05) is 36.8 Å². The van der Waals surface area contributed by atoms with Crippen LogP contribution in [0.2, 0.25) is 0 Å². The van der Waals surface area contributed by atoms with Crippen LogP contribution in [0, 0.1) is 0 Å². The van der Waals surface area contributed by atoms with Crippen molar-refractivity contribution >= 4 is 17.4 Å². The van der Waals surface area contributed by atoms with Gasteiger partial charge in [0.05, 0.1) is 6.20 Å². The summed E-state index contributed by atoms with van der Waals surface area (Å²) >= 11 is 0. The van der Waals surface area contributed by atoms with Crippen LogP contribution in [0.1, 0.15) is 0 Å². The van der Waals surface area contributed by atoms with Crippen LogP contribution < -0.4 is 10.6 Å². The average molecular weight is 286 g/mol. The fourth-order valence-corrected chi connectivity index (χ4v) is 2.46. The molecule has 1 fully saturated rings. The molecule has 110 valence electrons. The van der Waals surface area contributed by atoms with Gasteiger partial charge in [0.2, 0.25) is 5.91 Å². The summed E-state index contributed by atoms with van der Waals surface area (Å²) in [5.74, 6) is 0.356. The second-order valence-corrected chi connectivity index (χ2v) is 5.00. The van der Waals surface area contributed by atoms with E-state index in [-0.39, 0.29) is 12.5 Å². The minimum absolute atomic E-state index is 0.0262. The third kappa shape index (κ3) is 3.13. The number of anilines is 2. The Bertz CT molecular complexity index is 603. The summed E-state index contributed by atoms with van der Waals surface area (Å²) in [4.78, 5) is 17.7. The molecule has 2 N–H and O–H groups in total. The van der Waals surface area contributed by atoms with Crippen molar-refractivity contribution in [3.63, 3.8) is 0 Å². The third-order valence-corrected chi connectivity index (χ3v) is 3.58. The lowest BCUT2D eigenvalue weighted by Crippen LogP contribution is -2.49. The highest BCUT2D eigenvalue weighted by Gasteiger charge is 2.21. The molecule has 0 saturated carbocycles. The minimum Gasteiger partial charge on any atom is -0.381 e. The lowest BCUT2D eigenvalue weighted by Gasteiger charge is -2.36. The Morgan fingerprint density at radius 3 is 2.48 bits per heavy atom. The first-order valence-corrected chi connectivity index (χ1v) is 6.96. The van der Waals surface area contributed by atoms with Crippen LogP contribution in [-0.4, -0.2) is 52.0 Å². The molecule has 0 unspecified atom stereocenters. The predicted octanol–water partition coefficient (Wildman–Crippen LogP) is 0.209. The first-order valence-electron chi connectivity index (χ1n) is 6.96. The van der Waals surface area contributed by atoms with E-state index in [0.29, 0.717) is 18.9 Å². The van der Waals surface area contributed by atoms with Crippen molar-refractivity contribution in [2.24, 2.45) is 0 Å². The fourth-order valence-electron chi connectivity index (χ4n) is 2.46.